The van der Waals surface area contributed by atoms with Gasteiger partial charge in [-0.05, 0) is 66.6 Å². The van der Waals surface area contributed by atoms with E-state index in [0.717, 1.165) is 49.4 Å². The molecule has 1 unspecified atom stereocenters. The van der Waals surface area contributed by atoms with E-state index in [4.69, 9.17) is 14.5 Å². The van der Waals surface area contributed by atoms with Gasteiger partial charge in [-0.15, -0.1) is 0 Å². The maximum atomic E-state index is 5.49. The van der Waals surface area contributed by atoms with Crippen LogP contribution in [0.3, 0.4) is 0 Å². The summed E-state index contributed by atoms with van der Waals surface area (Å²) in [6.07, 6.45) is 5.19. The Labute approximate surface area is 196 Å². The Kier molecular flexibility index (Phi) is 6.45. The van der Waals surface area contributed by atoms with Gasteiger partial charge in [0.1, 0.15) is 0 Å². The molecule has 0 saturated carbocycles. The number of fused-ring (bicyclic) bond motifs is 1. The van der Waals surface area contributed by atoms with Gasteiger partial charge in [0.2, 0.25) is 6.79 Å². The van der Waals surface area contributed by atoms with Gasteiger partial charge in [0, 0.05) is 19.3 Å². The van der Waals surface area contributed by atoms with Crippen molar-refractivity contribution in [2.75, 3.05) is 19.9 Å². The molecule has 170 valence electrons. The Morgan fingerprint density at radius 2 is 1.73 bits per heavy atom. The third-order valence-corrected chi connectivity index (χ3v) is 6.76. The van der Waals surface area contributed by atoms with Gasteiger partial charge in [0.15, 0.2) is 11.5 Å². The topological polar surface area (TPSA) is 34.1 Å². The number of likely N-dealkylation sites (tertiary alicyclic amines) is 1. The SMILES string of the molecule is CCc1ccc(C(c2cccc(C)c2)N2CCC(N=Cc3ccc4c(c3)OCO4)CC2)cc1. The number of piperidine rings is 1. The summed E-state index contributed by atoms with van der Waals surface area (Å²) in [6.45, 7) is 6.77. The highest BCUT2D eigenvalue weighted by Crippen LogP contribution is 2.33. The summed E-state index contributed by atoms with van der Waals surface area (Å²) in [6, 6.07) is 24.8. The average molecular weight is 441 g/mol. The van der Waals surface area contributed by atoms with Gasteiger partial charge in [-0.2, -0.15) is 0 Å². The van der Waals surface area contributed by atoms with Crippen LogP contribution in [0.2, 0.25) is 0 Å². The van der Waals surface area contributed by atoms with E-state index in [1.165, 1.54) is 22.3 Å². The number of rotatable bonds is 6. The van der Waals surface area contributed by atoms with Crippen LogP contribution < -0.4 is 9.47 Å². The van der Waals surface area contributed by atoms with Crippen molar-refractivity contribution in [3.8, 4) is 11.5 Å². The molecular formula is C29H32N2O2. The summed E-state index contributed by atoms with van der Waals surface area (Å²) >= 11 is 0. The van der Waals surface area contributed by atoms with E-state index in [1.54, 1.807) is 0 Å². The normalized spacial score (nSPS) is 17.5. The van der Waals surface area contributed by atoms with Gasteiger partial charge in [-0.25, -0.2) is 0 Å². The summed E-state index contributed by atoms with van der Waals surface area (Å²) in [5.74, 6) is 1.62. The molecule has 0 aromatic heterocycles. The molecule has 2 heterocycles. The standard InChI is InChI=1S/C29H32N2O2/c1-3-22-7-10-24(11-8-22)29(25-6-4-5-21(2)17-25)31-15-13-26(14-16-31)30-19-23-9-12-27-28(18-23)33-20-32-27/h4-12,17-19,26,29H,3,13-16,20H2,1-2H3. The van der Waals surface area contributed by atoms with Crippen molar-refractivity contribution in [2.24, 2.45) is 4.99 Å². The molecule has 1 fully saturated rings. The fourth-order valence-electron chi connectivity index (χ4n) is 4.87. The minimum Gasteiger partial charge on any atom is -0.454 e. The van der Waals surface area contributed by atoms with Crippen LogP contribution in [0.1, 0.15) is 53.6 Å². The number of hydrogen-bond donors (Lipinski definition) is 0. The summed E-state index contributed by atoms with van der Waals surface area (Å²) in [5.41, 5.74) is 6.51. The molecule has 0 radical (unpaired) electrons. The van der Waals surface area contributed by atoms with E-state index in [2.05, 4.69) is 67.3 Å². The van der Waals surface area contributed by atoms with Gasteiger partial charge in [0.05, 0.1) is 12.1 Å². The second kappa shape index (κ2) is 9.80. The van der Waals surface area contributed by atoms with Crippen LogP contribution in [0.25, 0.3) is 0 Å². The third kappa shape index (κ3) is 4.96. The van der Waals surface area contributed by atoms with Gasteiger partial charge in [0.25, 0.3) is 0 Å². The van der Waals surface area contributed by atoms with Crippen LogP contribution >= 0.6 is 0 Å². The van der Waals surface area contributed by atoms with Crippen molar-refractivity contribution in [1.29, 1.82) is 0 Å². The Hall–Kier alpha value is -3.11. The second-order valence-electron chi connectivity index (χ2n) is 9.07. The van der Waals surface area contributed by atoms with Crippen molar-refractivity contribution in [1.82, 2.24) is 4.90 Å². The molecule has 0 amide bonds. The van der Waals surface area contributed by atoms with E-state index in [-0.39, 0.29) is 6.04 Å². The smallest absolute Gasteiger partial charge is 0.231 e. The molecule has 2 aliphatic heterocycles. The molecule has 3 aromatic rings. The zero-order chi connectivity index (χ0) is 22.6. The molecule has 5 rings (SSSR count). The quantitative estimate of drug-likeness (QED) is 0.444. The van der Waals surface area contributed by atoms with Crippen LogP contribution in [-0.2, 0) is 6.42 Å². The molecule has 1 atom stereocenters. The molecule has 4 nitrogen and oxygen atoms in total. The lowest BCUT2D eigenvalue weighted by molar-refractivity contribution is 0.174. The Bertz CT molecular complexity index is 1110. The van der Waals surface area contributed by atoms with Crippen LogP contribution in [0.4, 0.5) is 0 Å². The monoisotopic (exact) mass is 440 g/mol. The molecule has 1 saturated heterocycles. The van der Waals surface area contributed by atoms with Crippen molar-refractivity contribution < 1.29 is 9.47 Å². The van der Waals surface area contributed by atoms with E-state index in [9.17, 15) is 0 Å². The molecule has 4 heteroatoms. The van der Waals surface area contributed by atoms with Gasteiger partial charge in [-0.1, -0.05) is 61.0 Å². The first-order chi connectivity index (χ1) is 16.2. The lowest BCUT2D eigenvalue weighted by atomic mass is 9.92. The van der Waals surface area contributed by atoms with E-state index in [0.29, 0.717) is 12.8 Å². The molecule has 33 heavy (non-hydrogen) atoms. The highest BCUT2D eigenvalue weighted by Gasteiger charge is 2.27. The zero-order valence-electron chi connectivity index (χ0n) is 19.5. The third-order valence-electron chi connectivity index (χ3n) is 6.76. The number of aliphatic imine (C=N–C) groups is 1. The minimum atomic E-state index is 0.287. The Morgan fingerprint density at radius 3 is 2.48 bits per heavy atom. The van der Waals surface area contributed by atoms with Gasteiger partial charge in [-0.3, -0.25) is 9.89 Å². The summed E-state index contributed by atoms with van der Waals surface area (Å²) in [4.78, 5) is 7.53. The second-order valence-corrected chi connectivity index (χ2v) is 9.07. The molecule has 3 aromatic carbocycles. The van der Waals surface area contributed by atoms with Gasteiger partial charge >= 0.3 is 0 Å². The van der Waals surface area contributed by atoms with Gasteiger partial charge < -0.3 is 9.47 Å². The highest BCUT2D eigenvalue weighted by atomic mass is 16.7. The predicted octanol–water partition coefficient (Wildman–Crippen LogP) is 5.96. The zero-order valence-corrected chi connectivity index (χ0v) is 19.5. The first kappa shape index (κ1) is 21.7. The van der Waals surface area contributed by atoms with Crippen molar-refractivity contribution in [2.45, 2.75) is 45.2 Å². The van der Waals surface area contributed by atoms with Crippen LogP contribution in [-0.4, -0.2) is 37.0 Å². The largest absolute Gasteiger partial charge is 0.454 e. The predicted molar refractivity (Wildman–Crippen MR) is 134 cm³/mol. The average Bonchev–Trinajstić information content (AvgIpc) is 3.32. The maximum Gasteiger partial charge on any atom is 0.231 e. The van der Waals surface area contributed by atoms with E-state index in [1.807, 2.05) is 24.4 Å². The maximum absolute atomic E-state index is 5.49. The minimum absolute atomic E-state index is 0.287. The van der Waals surface area contributed by atoms with Crippen LogP contribution in [0.5, 0.6) is 11.5 Å². The van der Waals surface area contributed by atoms with E-state index >= 15 is 0 Å². The van der Waals surface area contributed by atoms with Crippen molar-refractivity contribution in [3.05, 3.63) is 94.5 Å². The number of nitrogens with zero attached hydrogens (tertiary/aromatic N) is 2. The van der Waals surface area contributed by atoms with E-state index < -0.39 is 0 Å². The molecule has 0 N–H and O–H groups in total. The first-order valence-corrected chi connectivity index (χ1v) is 12.0. The lowest BCUT2D eigenvalue weighted by Crippen LogP contribution is -2.38. The fraction of sp³-hybridized carbons (Fsp3) is 0.345. The first-order valence-electron chi connectivity index (χ1n) is 12.0. The molecular weight excluding hydrogens is 408 g/mol. The number of hydrogen-bond acceptors (Lipinski definition) is 4. The Balaban J connectivity index is 1.30. The number of benzene rings is 3. The number of aryl methyl sites for hydroxylation is 2. The van der Waals surface area contributed by atoms with Crippen molar-refractivity contribution >= 4 is 6.21 Å². The highest BCUT2D eigenvalue weighted by molar-refractivity contribution is 5.81. The lowest BCUT2D eigenvalue weighted by Gasteiger charge is -2.37. The molecule has 0 bridgehead atoms. The summed E-state index contributed by atoms with van der Waals surface area (Å²) in [5, 5.41) is 0. The number of ether oxygens (including phenoxy) is 2. The van der Waals surface area contributed by atoms with Crippen LogP contribution in [0.15, 0.2) is 71.7 Å². The van der Waals surface area contributed by atoms with Crippen LogP contribution in [0, 0.1) is 6.92 Å². The summed E-state index contributed by atoms with van der Waals surface area (Å²) < 4.78 is 10.9. The molecule has 2 aliphatic rings. The Morgan fingerprint density at radius 1 is 0.939 bits per heavy atom. The summed E-state index contributed by atoms with van der Waals surface area (Å²) in [7, 11) is 0. The van der Waals surface area contributed by atoms with Crippen molar-refractivity contribution in [3.63, 3.8) is 0 Å². The molecule has 0 aliphatic carbocycles. The fourth-order valence-corrected chi connectivity index (χ4v) is 4.87. The molecule has 0 spiro atoms.